The van der Waals surface area contributed by atoms with Gasteiger partial charge < -0.3 is 9.30 Å². The number of amides is 1. The van der Waals surface area contributed by atoms with Gasteiger partial charge in [0.25, 0.3) is 0 Å². The highest BCUT2D eigenvalue weighted by molar-refractivity contribution is 5.94. The van der Waals surface area contributed by atoms with E-state index >= 15 is 0 Å². The number of nitrogens with zero attached hydrogens (tertiary/aromatic N) is 2. The zero-order valence-electron chi connectivity index (χ0n) is 15.6. The average molecular weight is 365 g/mol. The first kappa shape index (κ1) is 18.6. The van der Waals surface area contributed by atoms with Crippen LogP contribution in [0.4, 0.5) is 5.95 Å². The number of carbonyl (C=O) groups excluding carboxylic acids is 2. The molecular weight excluding hydrogens is 342 g/mol. The summed E-state index contributed by atoms with van der Waals surface area (Å²) in [7, 11) is 0. The number of hydrogen-bond acceptors (Lipinski definition) is 4. The van der Waals surface area contributed by atoms with Crippen LogP contribution in [0.5, 0.6) is 5.75 Å². The van der Waals surface area contributed by atoms with Crippen molar-refractivity contribution in [2.75, 3.05) is 11.9 Å². The molecule has 0 saturated carbocycles. The Kier molecular flexibility index (Phi) is 5.86. The summed E-state index contributed by atoms with van der Waals surface area (Å²) < 4.78 is 7.61. The Morgan fingerprint density at radius 2 is 1.85 bits per heavy atom. The van der Waals surface area contributed by atoms with Crippen LogP contribution in [0.3, 0.4) is 0 Å². The zero-order chi connectivity index (χ0) is 19.2. The Morgan fingerprint density at radius 3 is 2.56 bits per heavy atom. The molecule has 27 heavy (non-hydrogen) atoms. The number of imidazole rings is 1. The number of nitrogens with one attached hydrogen (secondary N) is 1. The van der Waals surface area contributed by atoms with Crippen LogP contribution in [0.15, 0.2) is 48.5 Å². The van der Waals surface area contributed by atoms with Gasteiger partial charge in [0.1, 0.15) is 5.75 Å². The van der Waals surface area contributed by atoms with E-state index < -0.39 is 0 Å². The number of hydrogen-bond donors (Lipinski definition) is 1. The van der Waals surface area contributed by atoms with E-state index in [0.29, 0.717) is 36.7 Å². The molecule has 0 spiro atoms. The molecule has 0 bridgehead atoms. The zero-order valence-corrected chi connectivity index (χ0v) is 15.6. The number of ether oxygens (including phenoxy) is 1. The van der Waals surface area contributed by atoms with Crippen molar-refractivity contribution in [1.29, 1.82) is 0 Å². The van der Waals surface area contributed by atoms with E-state index in [1.807, 2.05) is 35.8 Å². The molecule has 1 N–H and O–H groups in total. The van der Waals surface area contributed by atoms with Gasteiger partial charge in [-0.25, -0.2) is 4.98 Å². The first-order chi connectivity index (χ1) is 13.1. The number of ketones is 1. The van der Waals surface area contributed by atoms with E-state index in [9.17, 15) is 9.59 Å². The standard InChI is InChI=1S/C21H23N3O3/c1-3-24-19-8-5-4-7-18(19)22-21(24)23-20(26)9-6-14-27-17-12-10-16(11-13-17)15(2)25/h4-5,7-8,10-13H,3,6,9,14H2,1-2H3,(H,22,23,26). The molecule has 0 fully saturated rings. The van der Waals surface area contributed by atoms with Crippen molar-refractivity contribution in [2.24, 2.45) is 0 Å². The predicted molar refractivity (Wildman–Crippen MR) is 105 cm³/mol. The van der Waals surface area contributed by atoms with Crippen molar-refractivity contribution in [1.82, 2.24) is 9.55 Å². The largest absolute Gasteiger partial charge is 0.494 e. The van der Waals surface area contributed by atoms with E-state index in [1.54, 1.807) is 24.3 Å². The number of aryl methyl sites for hydroxylation is 1. The highest BCUT2D eigenvalue weighted by atomic mass is 16.5. The van der Waals surface area contributed by atoms with Gasteiger partial charge >= 0.3 is 0 Å². The SMILES string of the molecule is CCn1c(NC(=O)CCCOc2ccc(C(C)=O)cc2)nc2ccccc21. The molecule has 0 aliphatic heterocycles. The minimum atomic E-state index is -0.0875. The van der Waals surface area contributed by atoms with E-state index in [1.165, 1.54) is 6.92 Å². The normalized spacial score (nSPS) is 10.7. The maximum atomic E-state index is 12.2. The lowest BCUT2D eigenvalue weighted by atomic mass is 10.1. The topological polar surface area (TPSA) is 73.2 Å². The van der Waals surface area contributed by atoms with Gasteiger partial charge in [-0.05, 0) is 56.7 Å². The van der Waals surface area contributed by atoms with Gasteiger partial charge in [0.15, 0.2) is 5.78 Å². The molecule has 0 atom stereocenters. The summed E-state index contributed by atoms with van der Waals surface area (Å²) in [6.45, 7) is 4.71. The second kappa shape index (κ2) is 8.49. The summed E-state index contributed by atoms with van der Waals surface area (Å²) in [4.78, 5) is 28.0. The number of Topliss-reactive ketones (excluding diaryl/α,β-unsaturated/α-hetero) is 1. The molecule has 2 aromatic carbocycles. The van der Waals surface area contributed by atoms with Gasteiger partial charge in [0.05, 0.1) is 17.6 Å². The number of aromatic nitrogens is 2. The molecule has 0 aliphatic carbocycles. The van der Waals surface area contributed by atoms with Crippen LogP contribution in [0.25, 0.3) is 11.0 Å². The summed E-state index contributed by atoms with van der Waals surface area (Å²) in [6, 6.07) is 14.8. The molecule has 0 saturated heterocycles. The van der Waals surface area contributed by atoms with Gasteiger partial charge in [-0.2, -0.15) is 0 Å². The maximum absolute atomic E-state index is 12.2. The highest BCUT2D eigenvalue weighted by Crippen LogP contribution is 2.19. The number of para-hydroxylation sites is 2. The fraction of sp³-hybridized carbons (Fsp3) is 0.286. The third-order valence-corrected chi connectivity index (χ3v) is 4.30. The van der Waals surface area contributed by atoms with Gasteiger partial charge in [-0.1, -0.05) is 12.1 Å². The number of rotatable bonds is 8. The van der Waals surface area contributed by atoms with Crippen LogP contribution in [0, 0.1) is 0 Å². The Bertz CT molecular complexity index is 945. The van der Waals surface area contributed by atoms with E-state index in [-0.39, 0.29) is 11.7 Å². The lowest BCUT2D eigenvalue weighted by Crippen LogP contribution is -2.16. The number of anilines is 1. The molecule has 0 radical (unpaired) electrons. The first-order valence-corrected chi connectivity index (χ1v) is 9.07. The smallest absolute Gasteiger partial charge is 0.226 e. The van der Waals surface area contributed by atoms with Gasteiger partial charge in [0.2, 0.25) is 11.9 Å². The third-order valence-electron chi connectivity index (χ3n) is 4.30. The van der Waals surface area contributed by atoms with Crippen molar-refractivity contribution >= 4 is 28.7 Å². The van der Waals surface area contributed by atoms with Crippen molar-refractivity contribution in [3.05, 3.63) is 54.1 Å². The molecule has 6 heteroatoms. The summed E-state index contributed by atoms with van der Waals surface area (Å²) in [6.07, 6.45) is 0.936. The van der Waals surface area contributed by atoms with E-state index in [4.69, 9.17) is 4.74 Å². The molecule has 6 nitrogen and oxygen atoms in total. The molecule has 3 aromatic rings. The average Bonchev–Trinajstić information content (AvgIpc) is 3.02. The molecule has 3 rings (SSSR count). The number of fused-ring (bicyclic) bond motifs is 1. The number of carbonyl (C=O) groups is 2. The monoisotopic (exact) mass is 365 g/mol. The van der Waals surface area contributed by atoms with Crippen molar-refractivity contribution in [2.45, 2.75) is 33.2 Å². The Balaban J connectivity index is 1.49. The summed E-state index contributed by atoms with van der Waals surface area (Å²) >= 11 is 0. The van der Waals surface area contributed by atoms with Crippen LogP contribution in [0.2, 0.25) is 0 Å². The third kappa shape index (κ3) is 4.53. The van der Waals surface area contributed by atoms with Gasteiger partial charge in [-0.3, -0.25) is 14.9 Å². The fourth-order valence-corrected chi connectivity index (χ4v) is 2.89. The van der Waals surface area contributed by atoms with Crippen LogP contribution in [-0.2, 0) is 11.3 Å². The van der Waals surface area contributed by atoms with Crippen molar-refractivity contribution in [3.63, 3.8) is 0 Å². The first-order valence-electron chi connectivity index (χ1n) is 9.07. The summed E-state index contributed by atoms with van der Waals surface area (Å²) in [5.41, 5.74) is 2.53. The maximum Gasteiger partial charge on any atom is 0.226 e. The Labute approximate surface area is 158 Å². The minimum Gasteiger partial charge on any atom is -0.494 e. The quantitative estimate of drug-likeness (QED) is 0.483. The Hall–Kier alpha value is -3.15. The van der Waals surface area contributed by atoms with Crippen molar-refractivity contribution in [3.8, 4) is 5.75 Å². The van der Waals surface area contributed by atoms with Crippen LogP contribution in [-0.4, -0.2) is 27.8 Å². The summed E-state index contributed by atoms with van der Waals surface area (Å²) in [5.74, 6) is 1.20. The second-order valence-electron chi connectivity index (χ2n) is 6.25. The second-order valence-corrected chi connectivity index (χ2v) is 6.25. The molecule has 140 valence electrons. The molecular formula is C21H23N3O3. The molecule has 1 heterocycles. The minimum absolute atomic E-state index is 0.0244. The summed E-state index contributed by atoms with van der Waals surface area (Å²) in [5, 5.41) is 2.89. The van der Waals surface area contributed by atoms with Gasteiger partial charge in [0, 0.05) is 18.5 Å². The van der Waals surface area contributed by atoms with Crippen molar-refractivity contribution < 1.29 is 14.3 Å². The van der Waals surface area contributed by atoms with Crippen LogP contribution < -0.4 is 10.1 Å². The number of benzene rings is 2. The van der Waals surface area contributed by atoms with Crippen LogP contribution >= 0.6 is 0 Å². The Morgan fingerprint density at radius 1 is 1.11 bits per heavy atom. The van der Waals surface area contributed by atoms with E-state index in [2.05, 4.69) is 10.3 Å². The molecule has 1 amide bonds. The van der Waals surface area contributed by atoms with Crippen LogP contribution in [0.1, 0.15) is 37.0 Å². The molecule has 1 aromatic heterocycles. The lowest BCUT2D eigenvalue weighted by Gasteiger charge is -2.08. The molecule has 0 aliphatic rings. The molecule has 0 unspecified atom stereocenters. The van der Waals surface area contributed by atoms with E-state index in [0.717, 1.165) is 17.6 Å². The fourth-order valence-electron chi connectivity index (χ4n) is 2.89. The highest BCUT2D eigenvalue weighted by Gasteiger charge is 2.11. The predicted octanol–water partition coefficient (Wildman–Crippen LogP) is 4.06. The lowest BCUT2D eigenvalue weighted by molar-refractivity contribution is -0.116. The van der Waals surface area contributed by atoms with Gasteiger partial charge in [-0.15, -0.1) is 0 Å².